The molecule has 0 amide bonds. The summed E-state index contributed by atoms with van der Waals surface area (Å²) in [4.78, 5) is 0. The SMILES string of the molecule is Cc1ccc(NCc2cn(C)nc2C(C)(C)C)cc1. The first kappa shape index (κ1) is 13.7. The number of rotatable bonds is 3. The maximum absolute atomic E-state index is 4.58. The van der Waals surface area contributed by atoms with Crippen LogP contribution in [0.15, 0.2) is 30.5 Å². The molecular formula is C16H23N3. The van der Waals surface area contributed by atoms with Crippen molar-refractivity contribution in [2.45, 2.75) is 39.7 Å². The van der Waals surface area contributed by atoms with Crippen molar-refractivity contribution < 1.29 is 0 Å². The highest BCUT2D eigenvalue weighted by molar-refractivity contribution is 5.45. The van der Waals surface area contributed by atoms with E-state index in [2.05, 4.69) is 68.6 Å². The van der Waals surface area contributed by atoms with Crippen molar-refractivity contribution in [3.63, 3.8) is 0 Å². The van der Waals surface area contributed by atoms with Crippen LogP contribution in [0.3, 0.4) is 0 Å². The quantitative estimate of drug-likeness (QED) is 0.909. The number of nitrogens with zero attached hydrogens (tertiary/aromatic N) is 2. The predicted molar refractivity (Wildman–Crippen MR) is 80.4 cm³/mol. The fraction of sp³-hybridized carbons (Fsp3) is 0.438. The summed E-state index contributed by atoms with van der Waals surface area (Å²) in [5.41, 5.74) is 4.92. The van der Waals surface area contributed by atoms with Gasteiger partial charge in [0.05, 0.1) is 5.69 Å². The van der Waals surface area contributed by atoms with Crippen molar-refractivity contribution in [1.82, 2.24) is 9.78 Å². The van der Waals surface area contributed by atoms with E-state index in [-0.39, 0.29) is 5.41 Å². The van der Waals surface area contributed by atoms with Crippen LogP contribution in [0.2, 0.25) is 0 Å². The van der Waals surface area contributed by atoms with Gasteiger partial charge in [0.2, 0.25) is 0 Å². The van der Waals surface area contributed by atoms with Gasteiger partial charge in [0.15, 0.2) is 0 Å². The molecule has 2 aromatic rings. The topological polar surface area (TPSA) is 29.9 Å². The van der Waals surface area contributed by atoms with E-state index in [9.17, 15) is 0 Å². The molecule has 0 fully saturated rings. The van der Waals surface area contributed by atoms with Gasteiger partial charge in [-0.15, -0.1) is 0 Å². The fourth-order valence-corrected chi connectivity index (χ4v) is 2.17. The zero-order chi connectivity index (χ0) is 14.0. The molecule has 3 nitrogen and oxygen atoms in total. The molecule has 1 N–H and O–H groups in total. The van der Waals surface area contributed by atoms with Crippen LogP contribution < -0.4 is 5.32 Å². The first-order chi connectivity index (χ1) is 8.86. The van der Waals surface area contributed by atoms with Crippen LogP contribution in [0.5, 0.6) is 0 Å². The molecule has 1 heterocycles. The summed E-state index contributed by atoms with van der Waals surface area (Å²) < 4.78 is 1.90. The molecule has 1 aromatic heterocycles. The monoisotopic (exact) mass is 257 g/mol. The Labute approximate surface area is 115 Å². The Morgan fingerprint density at radius 3 is 2.37 bits per heavy atom. The molecule has 0 atom stereocenters. The maximum atomic E-state index is 4.58. The average molecular weight is 257 g/mol. The number of benzene rings is 1. The number of anilines is 1. The standard InChI is InChI=1S/C16H23N3/c1-12-6-8-14(9-7-12)17-10-13-11-19(5)18-15(13)16(2,3)4/h6-9,11,17H,10H2,1-5H3. The Morgan fingerprint density at radius 2 is 1.79 bits per heavy atom. The van der Waals surface area contributed by atoms with E-state index in [0.29, 0.717) is 0 Å². The number of hydrogen-bond acceptors (Lipinski definition) is 2. The lowest BCUT2D eigenvalue weighted by Gasteiger charge is -2.18. The zero-order valence-electron chi connectivity index (χ0n) is 12.5. The van der Waals surface area contributed by atoms with Gasteiger partial charge in [-0.2, -0.15) is 5.10 Å². The third kappa shape index (κ3) is 3.37. The molecule has 19 heavy (non-hydrogen) atoms. The van der Waals surface area contributed by atoms with Gasteiger partial charge in [-0.1, -0.05) is 38.5 Å². The van der Waals surface area contributed by atoms with Crippen LogP contribution in [0.1, 0.15) is 37.6 Å². The van der Waals surface area contributed by atoms with Crippen LogP contribution in [-0.2, 0) is 19.0 Å². The molecule has 0 radical (unpaired) electrons. The predicted octanol–water partition coefficient (Wildman–Crippen LogP) is 3.64. The Morgan fingerprint density at radius 1 is 1.16 bits per heavy atom. The second-order valence-electron chi connectivity index (χ2n) is 6.15. The first-order valence-electron chi connectivity index (χ1n) is 6.70. The van der Waals surface area contributed by atoms with Crippen molar-refractivity contribution in [2.75, 3.05) is 5.32 Å². The van der Waals surface area contributed by atoms with Gasteiger partial charge in [0.1, 0.15) is 0 Å². The largest absolute Gasteiger partial charge is 0.381 e. The lowest BCUT2D eigenvalue weighted by Crippen LogP contribution is -2.16. The third-order valence-corrected chi connectivity index (χ3v) is 3.15. The molecular weight excluding hydrogens is 234 g/mol. The van der Waals surface area contributed by atoms with E-state index in [1.54, 1.807) is 0 Å². The average Bonchev–Trinajstić information content (AvgIpc) is 2.70. The van der Waals surface area contributed by atoms with E-state index < -0.39 is 0 Å². The van der Waals surface area contributed by atoms with Gasteiger partial charge < -0.3 is 5.32 Å². The summed E-state index contributed by atoms with van der Waals surface area (Å²) in [6, 6.07) is 8.47. The molecule has 0 unspecified atom stereocenters. The van der Waals surface area contributed by atoms with Gasteiger partial charge in [-0.3, -0.25) is 4.68 Å². The van der Waals surface area contributed by atoms with Gasteiger partial charge in [-0.25, -0.2) is 0 Å². The van der Waals surface area contributed by atoms with E-state index in [0.717, 1.165) is 17.9 Å². The normalized spacial score (nSPS) is 11.6. The number of hydrogen-bond donors (Lipinski definition) is 1. The molecule has 0 bridgehead atoms. The molecule has 1 aromatic carbocycles. The van der Waals surface area contributed by atoms with Gasteiger partial charge in [-0.05, 0) is 19.1 Å². The highest BCUT2D eigenvalue weighted by atomic mass is 15.3. The third-order valence-electron chi connectivity index (χ3n) is 3.15. The molecule has 3 heteroatoms. The van der Waals surface area contributed by atoms with Crippen molar-refractivity contribution in [3.8, 4) is 0 Å². The number of nitrogens with one attached hydrogen (secondary N) is 1. The number of aryl methyl sites for hydroxylation is 2. The highest BCUT2D eigenvalue weighted by Gasteiger charge is 2.21. The lowest BCUT2D eigenvalue weighted by molar-refractivity contribution is 0.549. The Balaban J connectivity index is 2.13. The summed E-state index contributed by atoms with van der Waals surface area (Å²) >= 11 is 0. The molecule has 0 aliphatic heterocycles. The Kier molecular flexibility index (Phi) is 3.65. The van der Waals surface area contributed by atoms with Crippen LogP contribution in [0.4, 0.5) is 5.69 Å². The molecule has 2 rings (SSSR count). The van der Waals surface area contributed by atoms with Crippen molar-refractivity contribution in [3.05, 3.63) is 47.3 Å². The minimum absolute atomic E-state index is 0.0749. The molecule has 0 saturated heterocycles. The molecule has 0 aliphatic rings. The van der Waals surface area contributed by atoms with Crippen LogP contribution >= 0.6 is 0 Å². The van der Waals surface area contributed by atoms with Crippen LogP contribution in [0.25, 0.3) is 0 Å². The van der Waals surface area contributed by atoms with E-state index >= 15 is 0 Å². The van der Waals surface area contributed by atoms with Crippen molar-refractivity contribution >= 4 is 5.69 Å². The zero-order valence-corrected chi connectivity index (χ0v) is 12.5. The van der Waals surface area contributed by atoms with Crippen LogP contribution in [0, 0.1) is 6.92 Å². The summed E-state index contributed by atoms with van der Waals surface area (Å²) in [7, 11) is 1.98. The van der Waals surface area contributed by atoms with Crippen molar-refractivity contribution in [2.24, 2.45) is 7.05 Å². The molecule has 0 spiro atoms. The van der Waals surface area contributed by atoms with Gasteiger partial charge in [0, 0.05) is 36.5 Å². The summed E-state index contributed by atoms with van der Waals surface area (Å²) in [6.07, 6.45) is 2.10. The Bertz CT molecular complexity index is 544. The highest BCUT2D eigenvalue weighted by Crippen LogP contribution is 2.24. The van der Waals surface area contributed by atoms with E-state index in [4.69, 9.17) is 0 Å². The second kappa shape index (κ2) is 5.08. The summed E-state index contributed by atoms with van der Waals surface area (Å²) in [6.45, 7) is 9.51. The Hall–Kier alpha value is -1.77. The smallest absolute Gasteiger partial charge is 0.0727 e. The van der Waals surface area contributed by atoms with E-state index in [1.165, 1.54) is 11.1 Å². The number of aromatic nitrogens is 2. The summed E-state index contributed by atoms with van der Waals surface area (Å²) in [5, 5.41) is 8.05. The second-order valence-corrected chi connectivity index (χ2v) is 6.15. The molecule has 0 aliphatic carbocycles. The summed E-state index contributed by atoms with van der Waals surface area (Å²) in [5.74, 6) is 0. The minimum Gasteiger partial charge on any atom is -0.381 e. The minimum atomic E-state index is 0.0749. The first-order valence-corrected chi connectivity index (χ1v) is 6.70. The fourth-order valence-electron chi connectivity index (χ4n) is 2.17. The molecule has 102 valence electrons. The molecule has 0 saturated carbocycles. The van der Waals surface area contributed by atoms with Crippen LogP contribution in [-0.4, -0.2) is 9.78 Å². The van der Waals surface area contributed by atoms with E-state index in [1.807, 2.05) is 11.7 Å². The maximum Gasteiger partial charge on any atom is 0.0727 e. The lowest BCUT2D eigenvalue weighted by atomic mass is 9.89. The van der Waals surface area contributed by atoms with Gasteiger partial charge >= 0.3 is 0 Å². The van der Waals surface area contributed by atoms with Crippen molar-refractivity contribution in [1.29, 1.82) is 0 Å². The van der Waals surface area contributed by atoms with Gasteiger partial charge in [0.25, 0.3) is 0 Å².